The summed E-state index contributed by atoms with van der Waals surface area (Å²) in [7, 11) is 0. The van der Waals surface area contributed by atoms with Crippen molar-refractivity contribution >= 4 is 29.3 Å². The van der Waals surface area contributed by atoms with Crippen molar-refractivity contribution in [3.63, 3.8) is 0 Å². The van der Waals surface area contributed by atoms with E-state index < -0.39 is 0 Å². The van der Waals surface area contributed by atoms with E-state index in [4.69, 9.17) is 10.2 Å². The molecule has 1 amide bonds. The number of carbonyl (C=O) groups is 1. The molecule has 0 saturated carbocycles. The minimum Gasteiger partial charge on any atom is -0.451 e. The number of nitrogens with two attached hydrogens (primary N) is 1. The van der Waals surface area contributed by atoms with Gasteiger partial charge < -0.3 is 15.5 Å². The monoisotopic (exact) mass is 324 g/mol. The number of furan rings is 1. The van der Waals surface area contributed by atoms with E-state index in [1.165, 1.54) is 5.56 Å². The van der Waals surface area contributed by atoms with Crippen LogP contribution in [0.3, 0.4) is 0 Å². The van der Waals surface area contributed by atoms with Crippen LogP contribution >= 0.6 is 12.4 Å². The first-order valence-electron chi connectivity index (χ1n) is 7.48. The number of amides is 1. The lowest BCUT2D eigenvalue weighted by Gasteiger charge is -2.30. The maximum absolute atomic E-state index is 12.4. The number of aryl methyl sites for hydroxylation is 2. The van der Waals surface area contributed by atoms with Crippen molar-refractivity contribution in [3.8, 4) is 0 Å². The van der Waals surface area contributed by atoms with Gasteiger partial charge in [-0.05, 0) is 56.0 Å². The van der Waals surface area contributed by atoms with Gasteiger partial charge in [-0.3, -0.25) is 4.79 Å². The first-order chi connectivity index (χ1) is 9.94. The van der Waals surface area contributed by atoms with Crippen LogP contribution in [-0.2, 0) is 0 Å². The summed E-state index contributed by atoms with van der Waals surface area (Å²) < 4.78 is 5.69. The Morgan fingerprint density at radius 3 is 2.32 bits per heavy atom. The summed E-state index contributed by atoms with van der Waals surface area (Å²) in [6, 6.07) is 5.81. The van der Waals surface area contributed by atoms with Gasteiger partial charge in [-0.1, -0.05) is 13.8 Å². The Labute approximate surface area is 137 Å². The fourth-order valence-corrected chi connectivity index (χ4v) is 2.48. The van der Waals surface area contributed by atoms with Crippen molar-refractivity contribution in [2.75, 3.05) is 6.54 Å². The van der Waals surface area contributed by atoms with Crippen LogP contribution in [0.5, 0.6) is 0 Å². The molecule has 0 aliphatic heterocycles. The molecular weight excluding hydrogens is 300 g/mol. The Balaban J connectivity index is 0.00000242. The third kappa shape index (κ3) is 3.45. The van der Waals surface area contributed by atoms with E-state index in [9.17, 15) is 4.79 Å². The average molecular weight is 325 g/mol. The summed E-state index contributed by atoms with van der Waals surface area (Å²) in [4.78, 5) is 12.4. The number of hydrogen-bond acceptors (Lipinski definition) is 3. The number of halogens is 1. The molecule has 1 aromatic carbocycles. The number of fused-ring (bicyclic) bond motifs is 1. The quantitative estimate of drug-likeness (QED) is 0.880. The summed E-state index contributed by atoms with van der Waals surface area (Å²) >= 11 is 0. The number of nitrogens with one attached hydrogen (secondary N) is 1. The smallest absolute Gasteiger partial charge is 0.287 e. The van der Waals surface area contributed by atoms with Gasteiger partial charge in [0.15, 0.2) is 5.76 Å². The van der Waals surface area contributed by atoms with Crippen LogP contribution in [-0.4, -0.2) is 18.0 Å². The van der Waals surface area contributed by atoms with E-state index in [1.807, 2.05) is 32.9 Å². The molecule has 2 aromatic rings. The minimum absolute atomic E-state index is 0. The second kappa shape index (κ2) is 7.16. The molecule has 0 aliphatic carbocycles. The molecule has 1 aromatic heterocycles. The highest BCUT2D eigenvalue weighted by Gasteiger charge is 2.28. The normalized spacial score (nSPS) is 11.3. The van der Waals surface area contributed by atoms with Gasteiger partial charge in [0.2, 0.25) is 0 Å². The minimum atomic E-state index is -0.359. The maximum atomic E-state index is 12.4. The second-order valence-electron chi connectivity index (χ2n) is 5.73. The molecule has 0 spiro atoms. The highest BCUT2D eigenvalue weighted by molar-refractivity contribution is 5.96. The highest BCUT2D eigenvalue weighted by atomic mass is 35.5. The van der Waals surface area contributed by atoms with Gasteiger partial charge in [0.1, 0.15) is 5.58 Å². The largest absolute Gasteiger partial charge is 0.451 e. The van der Waals surface area contributed by atoms with Crippen LogP contribution in [0.15, 0.2) is 22.6 Å². The van der Waals surface area contributed by atoms with Crippen LogP contribution in [0, 0.1) is 13.8 Å². The zero-order valence-electron chi connectivity index (χ0n) is 13.7. The number of carbonyl (C=O) groups excluding carboxylic acids is 1. The third-order valence-corrected chi connectivity index (χ3v) is 4.48. The summed E-state index contributed by atoms with van der Waals surface area (Å²) in [5, 5.41) is 3.98. The molecule has 22 heavy (non-hydrogen) atoms. The molecule has 2 rings (SSSR count). The molecule has 4 nitrogen and oxygen atoms in total. The van der Waals surface area contributed by atoms with Crippen LogP contribution in [0.25, 0.3) is 11.0 Å². The topological polar surface area (TPSA) is 68.3 Å². The lowest BCUT2D eigenvalue weighted by atomic mass is 9.93. The van der Waals surface area contributed by atoms with E-state index in [0.29, 0.717) is 12.3 Å². The molecular formula is C17H25ClN2O2. The first-order valence-corrected chi connectivity index (χ1v) is 7.48. The Morgan fingerprint density at radius 1 is 1.18 bits per heavy atom. The molecule has 0 aliphatic rings. The number of benzene rings is 1. The van der Waals surface area contributed by atoms with Crippen molar-refractivity contribution in [1.29, 1.82) is 0 Å². The lowest BCUT2D eigenvalue weighted by Crippen LogP contribution is -2.52. The Hall–Kier alpha value is -1.52. The predicted octanol–water partition coefficient (Wildman–Crippen LogP) is 3.72. The molecule has 0 saturated heterocycles. The molecule has 0 atom stereocenters. The molecule has 3 N–H and O–H groups in total. The van der Waals surface area contributed by atoms with Gasteiger partial charge in [-0.2, -0.15) is 0 Å². The Morgan fingerprint density at radius 2 is 1.77 bits per heavy atom. The van der Waals surface area contributed by atoms with Gasteiger partial charge >= 0.3 is 0 Å². The first kappa shape index (κ1) is 18.5. The molecule has 0 radical (unpaired) electrons. The zero-order chi connectivity index (χ0) is 15.6. The van der Waals surface area contributed by atoms with E-state index >= 15 is 0 Å². The van der Waals surface area contributed by atoms with Crippen molar-refractivity contribution < 1.29 is 9.21 Å². The van der Waals surface area contributed by atoms with Gasteiger partial charge in [-0.15, -0.1) is 12.4 Å². The Kier molecular flexibility index (Phi) is 6.03. The fraction of sp³-hybridized carbons (Fsp3) is 0.471. The predicted molar refractivity (Wildman–Crippen MR) is 92.8 cm³/mol. The zero-order valence-corrected chi connectivity index (χ0v) is 14.5. The Bertz CT molecular complexity index is 613. The maximum Gasteiger partial charge on any atom is 0.287 e. The second-order valence-corrected chi connectivity index (χ2v) is 5.73. The van der Waals surface area contributed by atoms with Crippen LogP contribution < -0.4 is 11.1 Å². The fourth-order valence-electron chi connectivity index (χ4n) is 2.48. The van der Waals surface area contributed by atoms with E-state index in [0.717, 1.165) is 29.4 Å². The van der Waals surface area contributed by atoms with Gasteiger partial charge in [-0.25, -0.2) is 0 Å². The molecule has 0 unspecified atom stereocenters. The van der Waals surface area contributed by atoms with Crippen LogP contribution in [0.1, 0.15) is 48.4 Å². The highest BCUT2D eigenvalue weighted by Crippen LogP contribution is 2.24. The van der Waals surface area contributed by atoms with Crippen molar-refractivity contribution in [2.24, 2.45) is 5.73 Å². The molecule has 0 bridgehead atoms. The summed E-state index contributed by atoms with van der Waals surface area (Å²) in [6.07, 6.45) is 1.59. The van der Waals surface area contributed by atoms with Crippen LogP contribution in [0.2, 0.25) is 0 Å². The van der Waals surface area contributed by atoms with E-state index in [-0.39, 0.29) is 23.9 Å². The lowest BCUT2D eigenvalue weighted by molar-refractivity contribution is 0.0869. The molecule has 5 heteroatoms. The summed E-state index contributed by atoms with van der Waals surface area (Å²) in [5.41, 5.74) is 8.55. The third-order valence-electron chi connectivity index (χ3n) is 4.48. The number of hydrogen-bond donors (Lipinski definition) is 2. The van der Waals surface area contributed by atoms with Crippen molar-refractivity contribution in [1.82, 2.24) is 5.32 Å². The van der Waals surface area contributed by atoms with E-state index in [2.05, 4.69) is 12.2 Å². The SMILES string of the molecule is CCC(CC)(CN)NC(=O)c1cc2cc(C)c(C)cc2o1.Cl. The van der Waals surface area contributed by atoms with Gasteiger partial charge in [0.05, 0.1) is 5.54 Å². The van der Waals surface area contributed by atoms with Gasteiger partial charge in [0.25, 0.3) is 5.91 Å². The molecule has 122 valence electrons. The van der Waals surface area contributed by atoms with E-state index in [1.54, 1.807) is 6.07 Å². The standard InChI is InChI=1S/C17H24N2O2.ClH/c1-5-17(6-2,10-18)19-16(20)15-9-13-7-11(3)12(4)8-14(13)21-15;/h7-9H,5-6,10,18H2,1-4H3,(H,19,20);1H. The molecule has 1 heterocycles. The van der Waals surface area contributed by atoms with Crippen molar-refractivity contribution in [3.05, 3.63) is 35.1 Å². The summed E-state index contributed by atoms with van der Waals surface area (Å²) in [5.74, 6) is 0.144. The summed E-state index contributed by atoms with van der Waals surface area (Å²) in [6.45, 7) is 8.56. The number of rotatable bonds is 5. The molecule has 0 fully saturated rings. The average Bonchev–Trinajstić information content (AvgIpc) is 2.88. The van der Waals surface area contributed by atoms with Gasteiger partial charge in [0, 0.05) is 11.9 Å². The van der Waals surface area contributed by atoms with Crippen molar-refractivity contribution in [2.45, 2.75) is 46.1 Å². The van der Waals surface area contributed by atoms with Crippen LogP contribution in [0.4, 0.5) is 0 Å².